The molecular formula is C16H25N. The summed E-state index contributed by atoms with van der Waals surface area (Å²) in [5.41, 5.74) is 1.35. The predicted molar refractivity (Wildman–Crippen MR) is 76.9 cm³/mol. The fourth-order valence-corrected chi connectivity index (χ4v) is 1.86. The highest BCUT2D eigenvalue weighted by molar-refractivity contribution is 5.61. The Morgan fingerprint density at radius 3 is 2.41 bits per heavy atom. The Morgan fingerprint density at radius 2 is 1.65 bits per heavy atom. The van der Waals surface area contributed by atoms with Gasteiger partial charge in [0.25, 0.3) is 0 Å². The summed E-state index contributed by atoms with van der Waals surface area (Å²) in [6, 6.07) is 10.5. The molecule has 0 aliphatic carbocycles. The van der Waals surface area contributed by atoms with Crippen LogP contribution in [0.5, 0.6) is 0 Å². The van der Waals surface area contributed by atoms with Crippen LogP contribution in [0.25, 0.3) is 0 Å². The summed E-state index contributed by atoms with van der Waals surface area (Å²) in [5, 5.41) is 0. The zero-order valence-electron chi connectivity index (χ0n) is 11.1. The van der Waals surface area contributed by atoms with Crippen molar-refractivity contribution in [3.05, 3.63) is 35.9 Å². The Kier molecular flexibility index (Phi) is 8.27. The topological polar surface area (TPSA) is 12.4 Å². The lowest BCUT2D eigenvalue weighted by molar-refractivity contribution is 0.612. The van der Waals surface area contributed by atoms with E-state index in [1.807, 2.05) is 0 Å². The molecule has 0 aliphatic rings. The van der Waals surface area contributed by atoms with E-state index in [4.69, 9.17) is 0 Å². The largest absolute Gasteiger partial charge is 0.297 e. The zero-order valence-corrected chi connectivity index (χ0v) is 11.1. The van der Waals surface area contributed by atoms with Crippen LogP contribution in [0.3, 0.4) is 0 Å². The smallest absolute Gasteiger partial charge is 0.0385 e. The molecule has 0 aromatic heterocycles. The van der Waals surface area contributed by atoms with Gasteiger partial charge in [-0.2, -0.15) is 0 Å². The summed E-state index contributed by atoms with van der Waals surface area (Å²) in [5.74, 6) is 0. The Labute approximate surface area is 106 Å². The van der Waals surface area contributed by atoms with E-state index in [9.17, 15) is 0 Å². The summed E-state index contributed by atoms with van der Waals surface area (Å²) in [6.45, 7) is 3.26. The van der Waals surface area contributed by atoms with Crippen molar-refractivity contribution >= 4 is 6.21 Å². The maximum absolute atomic E-state index is 4.46. The Bertz CT molecular complexity index is 290. The highest BCUT2D eigenvalue weighted by Gasteiger charge is 1.89. The molecule has 0 bridgehead atoms. The minimum Gasteiger partial charge on any atom is -0.297 e. The average molecular weight is 231 g/mol. The summed E-state index contributed by atoms with van der Waals surface area (Å²) in [4.78, 5) is 4.46. The molecule has 0 atom stereocenters. The minimum atomic E-state index is 0.969. The van der Waals surface area contributed by atoms with Gasteiger partial charge in [-0.25, -0.2) is 0 Å². The molecule has 1 heteroatoms. The van der Waals surface area contributed by atoms with Gasteiger partial charge in [0.15, 0.2) is 0 Å². The van der Waals surface area contributed by atoms with Crippen LogP contribution in [0.4, 0.5) is 0 Å². The van der Waals surface area contributed by atoms with Crippen LogP contribution in [0.15, 0.2) is 35.3 Å². The van der Waals surface area contributed by atoms with Crippen molar-refractivity contribution in [2.45, 2.75) is 51.9 Å². The minimum absolute atomic E-state index is 0.969. The Morgan fingerprint density at radius 1 is 0.941 bits per heavy atom. The van der Waals surface area contributed by atoms with Gasteiger partial charge in [-0.3, -0.25) is 4.99 Å². The van der Waals surface area contributed by atoms with Crippen molar-refractivity contribution in [3.63, 3.8) is 0 Å². The SMILES string of the molecule is CCCCCCCCN=CCc1ccccc1. The average Bonchev–Trinajstić information content (AvgIpc) is 2.38. The van der Waals surface area contributed by atoms with Crippen molar-refractivity contribution in [2.24, 2.45) is 4.99 Å². The van der Waals surface area contributed by atoms with E-state index in [2.05, 4.69) is 48.5 Å². The summed E-state index contributed by atoms with van der Waals surface area (Å²) < 4.78 is 0. The van der Waals surface area contributed by atoms with E-state index in [1.165, 1.54) is 44.1 Å². The van der Waals surface area contributed by atoms with Gasteiger partial charge in [-0.15, -0.1) is 0 Å². The second-order valence-corrected chi connectivity index (χ2v) is 4.55. The van der Waals surface area contributed by atoms with Crippen LogP contribution in [-0.4, -0.2) is 12.8 Å². The van der Waals surface area contributed by atoms with Crippen molar-refractivity contribution in [1.29, 1.82) is 0 Å². The zero-order chi connectivity index (χ0) is 12.2. The summed E-state index contributed by atoms with van der Waals surface area (Å²) >= 11 is 0. The first kappa shape index (κ1) is 14.0. The highest BCUT2D eigenvalue weighted by atomic mass is 14.7. The first-order valence-corrected chi connectivity index (χ1v) is 6.95. The maximum atomic E-state index is 4.46. The molecule has 1 aromatic rings. The van der Waals surface area contributed by atoms with Crippen LogP contribution in [0.2, 0.25) is 0 Å². The van der Waals surface area contributed by atoms with Crippen LogP contribution in [0.1, 0.15) is 51.0 Å². The van der Waals surface area contributed by atoms with Crippen molar-refractivity contribution in [3.8, 4) is 0 Å². The number of aliphatic imine (C=N–C) groups is 1. The quantitative estimate of drug-likeness (QED) is 0.433. The van der Waals surface area contributed by atoms with Crippen molar-refractivity contribution in [1.82, 2.24) is 0 Å². The standard InChI is InChI=1S/C16H25N/c1-2-3-4-5-6-10-14-17-15-13-16-11-8-7-9-12-16/h7-9,11-12,15H,2-6,10,13-14H2,1H3. The van der Waals surface area contributed by atoms with E-state index in [0.717, 1.165) is 13.0 Å². The summed E-state index contributed by atoms with van der Waals surface area (Å²) in [7, 11) is 0. The maximum Gasteiger partial charge on any atom is 0.0385 e. The fourth-order valence-electron chi connectivity index (χ4n) is 1.86. The van der Waals surface area contributed by atoms with E-state index < -0.39 is 0 Å². The molecule has 0 N–H and O–H groups in total. The normalized spacial score (nSPS) is 11.1. The first-order valence-electron chi connectivity index (χ1n) is 6.95. The molecule has 1 rings (SSSR count). The van der Waals surface area contributed by atoms with Gasteiger partial charge >= 0.3 is 0 Å². The summed E-state index contributed by atoms with van der Waals surface area (Å²) in [6.07, 6.45) is 11.1. The van der Waals surface area contributed by atoms with Gasteiger partial charge in [0.1, 0.15) is 0 Å². The molecule has 0 aliphatic heterocycles. The van der Waals surface area contributed by atoms with Crippen molar-refractivity contribution < 1.29 is 0 Å². The third-order valence-corrected chi connectivity index (χ3v) is 2.94. The first-order chi connectivity index (χ1) is 8.43. The molecule has 0 saturated carbocycles. The molecule has 94 valence electrons. The van der Waals surface area contributed by atoms with Gasteiger partial charge in [0.05, 0.1) is 0 Å². The molecule has 0 heterocycles. The van der Waals surface area contributed by atoms with Gasteiger partial charge in [-0.1, -0.05) is 69.4 Å². The van der Waals surface area contributed by atoms with Gasteiger partial charge in [-0.05, 0) is 12.0 Å². The lowest BCUT2D eigenvalue weighted by Gasteiger charge is -1.98. The molecule has 0 spiro atoms. The highest BCUT2D eigenvalue weighted by Crippen LogP contribution is 2.04. The monoisotopic (exact) mass is 231 g/mol. The fraction of sp³-hybridized carbons (Fsp3) is 0.562. The lowest BCUT2D eigenvalue weighted by Crippen LogP contribution is -1.88. The third kappa shape index (κ3) is 7.73. The van der Waals surface area contributed by atoms with E-state index in [-0.39, 0.29) is 0 Å². The predicted octanol–water partition coefficient (Wildman–Crippen LogP) is 4.66. The molecule has 0 saturated heterocycles. The van der Waals surface area contributed by atoms with E-state index in [1.54, 1.807) is 0 Å². The van der Waals surface area contributed by atoms with Gasteiger partial charge in [0, 0.05) is 19.2 Å². The number of hydrogen-bond donors (Lipinski definition) is 0. The number of unbranched alkanes of at least 4 members (excludes halogenated alkanes) is 5. The number of nitrogens with zero attached hydrogens (tertiary/aromatic N) is 1. The molecule has 0 radical (unpaired) electrons. The number of benzene rings is 1. The molecular weight excluding hydrogens is 206 g/mol. The second kappa shape index (κ2) is 10.1. The molecule has 0 amide bonds. The lowest BCUT2D eigenvalue weighted by atomic mass is 10.1. The van der Waals surface area contributed by atoms with Crippen molar-refractivity contribution in [2.75, 3.05) is 6.54 Å². The van der Waals surface area contributed by atoms with Crippen LogP contribution < -0.4 is 0 Å². The Balaban J connectivity index is 1.96. The Hall–Kier alpha value is -1.11. The van der Waals surface area contributed by atoms with Gasteiger partial charge < -0.3 is 0 Å². The molecule has 17 heavy (non-hydrogen) atoms. The molecule has 1 aromatic carbocycles. The van der Waals surface area contributed by atoms with Gasteiger partial charge in [0.2, 0.25) is 0 Å². The van der Waals surface area contributed by atoms with E-state index >= 15 is 0 Å². The van der Waals surface area contributed by atoms with E-state index in [0.29, 0.717) is 0 Å². The molecule has 0 unspecified atom stereocenters. The molecule has 1 nitrogen and oxygen atoms in total. The van der Waals surface area contributed by atoms with Crippen LogP contribution >= 0.6 is 0 Å². The number of hydrogen-bond acceptors (Lipinski definition) is 1. The molecule has 0 fully saturated rings. The second-order valence-electron chi connectivity index (χ2n) is 4.55. The third-order valence-electron chi connectivity index (χ3n) is 2.94. The van der Waals surface area contributed by atoms with Crippen LogP contribution in [-0.2, 0) is 6.42 Å². The number of rotatable bonds is 9. The van der Waals surface area contributed by atoms with Crippen LogP contribution in [0, 0.1) is 0 Å².